The normalized spacial score (nSPS) is 27.8. The highest BCUT2D eigenvalue weighted by Gasteiger charge is 2.34. The molecule has 4 nitrogen and oxygen atoms in total. The van der Waals surface area contributed by atoms with E-state index in [4.69, 9.17) is 0 Å². The van der Waals surface area contributed by atoms with Gasteiger partial charge >= 0.3 is 0 Å². The van der Waals surface area contributed by atoms with Gasteiger partial charge in [0.15, 0.2) is 0 Å². The molecule has 1 fully saturated rings. The Kier molecular flexibility index (Phi) is 2.99. The lowest BCUT2D eigenvalue weighted by Crippen LogP contribution is -2.35. The molecule has 13 heavy (non-hydrogen) atoms. The predicted molar refractivity (Wildman–Crippen MR) is 53.0 cm³/mol. The molecule has 1 rings (SSSR count). The zero-order chi connectivity index (χ0) is 10.1. The van der Waals surface area contributed by atoms with Crippen LogP contribution in [-0.2, 0) is 10.0 Å². The predicted octanol–water partition coefficient (Wildman–Crippen LogP) is -0.219. The number of rotatable bonds is 3. The molecule has 0 aromatic rings. The van der Waals surface area contributed by atoms with Gasteiger partial charge in [-0.15, -0.1) is 0 Å². The first-order valence-electron chi connectivity index (χ1n) is 4.47. The van der Waals surface area contributed by atoms with Crippen LogP contribution in [0.1, 0.15) is 13.8 Å². The lowest BCUT2D eigenvalue weighted by molar-refractivity contribution is 0.290. The second kappa shape index (κ2) is 3.55. The first-order valence-corrected chi connectivity index (χ1v) is 6.36. The average molecular weight is 206 g/mol. The van der Waals surface area contributed by atoms with Gasteiger partial charge in [-0.3, -0.25) is 0 Å². The zero-order valence-corrected chi connectivity index (χ0v) is 9.24. The van der Waals surface area contributed by atoms with E-state index in [1.54, 1.807) is 0 Å². The fraction of sp³-hybridized carbons (Fsp3) is 1.00. The standard InChI is InChI=1S/C8H18N2O2S/c1-8(2)6-9-4-7(8)5-10-13(3,11)12/h7,9-10H,4-6H2,1-3H3. The van der Waals surface area contributed by atoms with Crippen molar-refractivity contribution in [3.63, 3.8) is 0 Å². The average Bonchev–Trinajstić information content (AvgIpc) is 2.23. The highest BCUT2D eigenvalue weighted by atomic mass is 32.2. The molecule has 2 N–H and O–H groups in total. The van der Waals surface area contributed by atoms with Crippen molar-refractivity contribution in [2.75, 3.05) is 25.9 Å². The largest absolute Gasteiger partial charge is 0.316 e. The van der Waals surface area contributed by atoms with Crippen molar-refractivity contribution in [2.45, 2.75) is 13.8 Å². The van der Waals surface area contributed by atoms with Crippen LogP contribution >= 0.6 is 0 Å². The van der Waals surface area contributed by atoms with Crippen LogP contribution in [0.25, 0.3) is 0 Å². The molecule has 1 aliphatic heterocycles. The van der Waals surface area contributed by atoms with E-state index in [0.717, 1.165) is 13.1 Å². The van der Waals surface area contributed by atoms with Crippen LogP contribution in [0.2, 0.25) is 0 Å². The lowest BCUT2D eigenvalue weighted by atomic mass is 9.82. The summed E-state index contributed by atoms with van der Waals surface area (Å²) in [4.78, 5) is 0. The van der Waals surface area contributed by atoms with E-state index in [0.29, 0.717) is 12.5 Å². The summed E-state index contributed by atoms with van der Waals surface area (Å²) in [5.41, 5.74) is 0.192. The Hall–Kier alpha value is -0.130. The van der Waals surface area contributed by atoms with Crippen molar-refractivity contribution in [1.29, 1.82) is 0 Å². The molecule has 0 aliphatic carbocycles. The molecule has 0 radical (unpaired) electrons. The SMILES string of the molecule is CC1(C)CNCC1CNS(C)(=O)=O. The van der Waals surface area contributed by atoms with Gasteiger partial charge in [-0.05, 0) is 17.9 Å². The summed E-state index contributed by atoms with van der Waals surface area (Å²) in [5, 5.41) is 3.26. The Labute approximate surface area is 80.1 Å². The molecule has 1 unspecified atom stereocenters. The van der Waals surface area contributed by atoms with E-state index < -0.39 is 10.0 Å². The van der Waals surface area contributed by atoms with E-state index in [2.05, 4.69) is 23.9 Å². The van der Waals surface area contributed by atoms with Crippen molar-refractivity contribution >= 4 is 10.0 Å². The van der Waals surface area contributed by atoms with E-state index in [-0.39, 0.29) is 5.41 Å². The molecule has 0 aromatic carbocycles. The molecule has 78 valence electrons. The Morgan fingerprint density at radius 3 is 2.54 bits per heavy atom. The van der Waals surface area contributed by atoms with Crippen LogP contribution in [0.4, 0.5) is 0 Å². The van der Waals surface area contributed by atoms with Crippen LogP contribution in [0.5, 0.6) is 0 Å². The number of hydrogen-bond donors (Lipinski definition) is 2. The minimum absolute atomic E-state index is 0.192. The Morgan fingerprint density at radius 1 is 1.54 bits per heavy atom. The van der Waals surface area contributed by atoms with Crippen molar-refractivity contribution < 1.29 is 8.42 Å². The smallest absolute Gasteiger partial charge is 0.208 e. The maximum Gasteiger partial charge on any atom is 0.208 e. The van der Waals surface area contributed by atoms with Crippen LogP contribution < -0.4 is 10.0 Å². The van der Waals surface area contributed by atoms with E-state index in [1.165, 1.54) is 6.26 Å². The molecule has 5 heteroatoms. The van der Waals surface area contributed by atoms with Gasteiger partial charge in [0.25, 0.3) is 0 Å². The van der Waals surface area contributed by atoms with Crippen LogP contribution in [0.15, 0.2) is 0 Å². The fourth-order valence-corrected chi connectivity index (χ4v) is 2.09. The maximum atomic E-state index is 10.9. The van der Waals surface area contributed by atoms with E-state index >= 15 is 0 Å². The Morgan fingerprint density at radius 2 is 2.15 bits per heavy atom. The quantitative estimate of drug-likeness (QED) is 0.671. The van der Waals surface area contributed by atoms with Gasteiger partial charge in [0.1, 0.15) is 0 Å². The summed E-state index contributed by atoms with van der Waals surface area (Å²) >= 11 is 0. The molecular formula is C8H18N2O2S. The van der Waals surface area contributed by atoms with Gasteiger partial charge in [0, 0.05) is 13.1 Å². The second-order valence-electron chi connectivity index (χ2n) is 4.44. The first kappa shape index (κ1) is 10.9. The van der Waals surface area contributed by atoms with Gasteiger partial charge < -0.3 is 5.32 Å². The van der Waals surface area contributed by atoms with Gasteiger partial charge in [-0.25, -0.2) is 13.1 Å². The molecule has 1 aliphatic rings. The molecule has 1 atom stereocenters. The number of sulfonamides is 1. The summed E-state index contributed by atoms with van der Waals surface area (Å²) < 4.78 is 24.3. The highest BCUT2D eigenvalue weighted by molar-refractivity contribution is 7.88. The Balaban J connectivity index is 2.46. The van der Waals surface area contributed by atoms with Crippen molar-refractivity contribution in [2.24, 2.45) is 11.3 Å². The van der Waals surface area contributed by atoms with Crippen molar-refractivity contribution in [3.05, 3.63) is 0 Å². The third-order valence-corrected chi connectivity index (χ3v) is 3.36. The topological polar surface area (TPSA) is 58.2 Å². The first-order chi connectivity index (χ1) is 5.81. The fourth-order valence-electron chi connectivity index (χ4n) is 1.59. The zero-order valence-electron chi connectivity index (χ0n) is 8.42. The maximum absolute atomic E-state index is 10.9. The van der Waals surface area contributed by atoms with Gasteiger partial charge in [0.2, 0.25) is 10.0 Å². The summed E-state index contributed by atoms with van der Waals surface area (Å²) in [6.45, 7) is 6.71. The highest BCUT2D eigenvalue weighted by Crippen LogP contribution is 2.29. The summed E-state index contributed by atoms with van der Waals surface area (Å²) in [5.74, 6) is 0.391. The Bertz CT molecular complexity index is 272. The van der Waals surface area contributed by atoms with Crippen molar-refractivity contribution in [1.82, 2.24) is 10.0 Å². The molecule has 1 heterocycles. The number of nitrogens with one attached hydrogen (secondary N) is 2. The minimum Gasteiger partial charge on any atom is -0.316 e. The monoisotopic (exact) mass is 206 g/mol. The minimum atomic E-state index is -3.04. The summed E-state index contributed by atoms with van der Waals surface area (Å²) in [6, 6.07) is 0. The molecule has 1 saturated heterocycles. The third kappa shape index (κ3) is 3.25. The van der Waals surface area contributed by atoms with Crippen LogP contribution in [-0.4, -0.2) is 34.3 Å². The van der Waals surface area contributed by atoms with Gasteiger partial charge in [0.05, 0.1) is 6.26 Å². The summed E-state index contributed by atoms with van der Waals surface area (Å²) in [6.07, 6.45) is 1.20. The van der Waals surface area contributed by atoms with Crippen LogP contribution in [0, 0.1) is 11.3 Å². The molecule has 0 spiro atoms. The molecule has 0 amide bonds. The van der Waals surface area contributed by atoms with Gasteiger partial charge in [-0.2, -0.15) is 0 Å². The second-order valence-corrected chi connectivity index (χ2v) is 6.27. The molecular weight excluding hydrogens is 188 g/mol. The molecule has 0 aromatic heterocycles. The van der Waals surface area contributed by atoms with Crippen molar-refractivity contribution in [3.8, 4) is 0 Å². The number of hydrogen-bond acceptors (Lipinski definition) is 3. The lowest BCUT2D eigenvalue weighted by Gasteiger charge is -2.25. The van der Waals surface area contributed by atoms with E-state index in [1.807, 2.05) is 0 Å². The van der Waals surface area contributed by atoms with Gasteiger partial charge in [-0.1, -0.05) is 13.8 Å². The summed E-state index contributed by atoms with van der Waals surface area (Å²) in [7, 11) is -3.04. The molecule has 0 saturated carbocycles. The third-order valence-electron chi connectivity index (χ3n) is 2.67. The van der Waals surface area contributed by atoms with E-state index in [9.17, 15) is 8.42 Å². The molecule has 0 bridgehead atoms. The van der Waals surface area contributed by atoms with Crippen LogP contribution in [0.3, 0.4) is 0 Å².